The number of thiazole rings is 1. The van der Waals surface area contributed by atoms with Crippen LogP contribution in [0.2, 0.25) is 0 Å². The Morgan fingerprint density at radius 2 is 1.97 bits per heavy atom. The first-order chi connectivity index (χ1) is 15.0. The van der Waals surface area contributed by atoms with Crippen LogP contribution in [0, 0.1) is 11.6 Å². The summed E-state index contributed by atoms with van der Waals surface area (Å²) in [4.78, 5) is 18.4. The normalized spacial score (nSPS) is 12.5. The Labute approximate surface area is 205 Å². The minimum absolute atomic E-state index is 0. The number of carbonyl (C=O) groups excluding carboxylic acids is 1. The fourth-order valence-corrected chi connectivity index (χ4v) is 5.09. The molecule has 4 nitrogen and oxygen atoms in total. The van der Waals surface area contributed by atoms with Crippen molar-refractivity contribution in [2.75, 3.05) is 0 Å². The summed E-state index contributed by atoms with van der Waals surface area (Å²) in [5, 5.41) is 0.304. The molecule has 164 valence electrons. The van der Waals surface area contributed by atoms with Crippen LogP contribution in [0.4, 0.5) is 8.78 Å². The van der Waals surface area contributed by atoms with Crippen molar-refractivity contribution in [2.24, 2.45) is 7.05 Å². The summed E-state index contributed by atoms with van der Waals surface area (Å²) >= 11 is 1.32. The summed E-state index contributed by atoms with van der Waals surface area (Å²) in [6, 6.07) is 9.99. The summed E-state index contributed by atoms with van der Waals surface area (Å²) in [6.07, 6.45) is 8.28. The Hall–Kier alpha value is -2.46. The molecule has 1 aliphatic carbocycles. The lowest BCUT2D eigenvalue weighted by Gasteiger charge is -2.07. The van der Waals surface area contributed by atoms with Crippen LogP contribution in [0.15, 0.2) is 55.1 Å². The van der Waals surface area contributed by atoms with Crippen LogP contribution < -0.4 is 28.5 Å². The molecule has 4 aromatic rings. The molecule has 0 spiro atoms. The molecule has 5 rings (SSSR count). The maximum atomic E-state index is 14.0. The lowest BCUT2D eigenvalue weighted by Crippen LogP contribution is -3.00. The van der Waals surface area contributed by atoms with E-state index in [9.17, 15) is 13.6 Å². The summed E-state index contributed by atoms with van der Waals surface area (Å²) in [5.74, 6) is -1.78. The minimum Gasteiger partial charge on any atom is -1.00 e. The van der Waals surface area contributed by atoms with Crippen LogP contribution in [0.1, 0.15) is 33.0 Å². The Balaban J connectivity index is 0.00000245. The van der Waals surface area contributed by atoms with Gasteiger partial charge in [0.1, 0.15) is 29.7 Å². The number of halogens is 3. The van der Waals surface area contributed by atoms with Crippen molar-refractivity contribution in [1.29, 1.82) is 0 Å². The molecule has 0 N–H and O–H groups in total. The van der Waals surface area contributed by atoms with Crippen molar-refractivity contribution in [3.05, 3.63) is 88.6 Å². The van der Waals surface area contributed by atoms with Crippen molar-refractivity contribution < 1.29 is 42.1 Å². The number of nitrogens with zero attached hydrogens (tertiary/aromatic N) is 3. The average Bonchev–Trinajstić information content (AvgIpc) is 3.34. The SMILES string of the molecule is C[n+]1ccn(-c2ccc3c(c2)-c2sc(C(=O)Cc4c(F)cccc4F)nc2CCC3)c1.[I-]. The summed E-state index contributed by atoms with van der Waals surface area (Å²) in [7, 11) is 1.97. The molecule has 0 aliphatic heterocycles. The highest BCUT2D eigenvalue weighted by atomic mass is 127. The summed E-state index contributed by atoms with van der Waals surface area (Å²) in [6.45, 7) is 0. The molecule has 0 saturated carbocycles. The zero-order chi connectivity index (χ0) is 21.5. The first-order valence-corrected chi connectivity index (χ1v) is 10.9. The number of ketones is 1. The van der Waals surface area contributed by atoms with Gasteiger partial charge in [0.15, 0.2) is 10.8 Å². The highest BCUT2D eigenvalue weighted by Crippen LogP contribution is 2.38. The summed E-state index contributed by atoms with van der Waals surface area (Å²) < 4.78 is 32.0. The van der Waals surface area contributed by atoms with Gasteiger partial charge in [-0.2, -0.15) is 0 Å². The predicted molar refractivity (Wildman–Crippen MR) is 114 cm³/mol. The second-order valence-electron chi connectivity index (χ2n) is 7.78. The molecule has 2 aromatic heterocycles. The lowest BCUT2D eigenvalue weighted by atomic mass is 10.0. The number of benzene rings is 2. The van der Waals surface area contributed by atoms with Crippen LogP contribution in [0.3, 0.4) is 0 Å². The van der Waals surface area contributed by atoms with Gasteiger partial charge < -0.3 is 24.0 Å². The number of aromatic nitrogens is 3. The molecule has 0 amide bonds. The van der Waals surface area contributed by atoms with E-state index in [0.29, 0.717) is 5.01 Å². The Bertz CT molecular complexity index is 1290. The molecule has 32 heavy (non-hydrogen) atoms. The number of carbonyl (C=O) groups is 1. The first kappa shape index (κ1) is 22.7. The molecular weight excluding hydrogens is 543 g/mol. The van der Waals surface area contributed by atoms with Gasteiger partial charge in [-0.25, -0.2) is 22.9 Å². The van der Waals surface area contributed by atoms with Gasteiger partial charge in [-0.1, -0.05) is 12.1 Å². The standard InChI is InChI=1S/C24H20F2N3OS.HI/c1-28-10-11-29(14-28)16-9-8-15-4-2-7-21-23(17(15)12-16)31-24(27-21)22(30)13-18-19(25)5-3-6-20(18)26;/h3,5-6,8-12,14H,2,4,7,13H2,1H3;1H/q+1;/p-1. The van der Waals surface area contributed by atoms with Gasteiger partial charge in [-0.3, -0.25) is 4.79 Å². The quantitative estimate of drug-likeness (QED) is 0.215. The van der Waals surface area contributed by atoms with Crippen LogP contribution >= 0.6 is 11.3 Å². The molecule has 2 aromatic carbocycles. The Kier molecular flexibility index (Phi) is 6.52. The molecule has 2 heterocycles. The highest BCUT2D eigenvalue weighted by Gasteiger charge is 2.24. The van der Waals surface area contributed by atoms with Crippen molar-refractivity contribution in [2.45, 2.75) is 25.7 Å². The van der Waals surface area contributed by atoms with Gasteiger partial charge in [-0.15, -0.1) is 11.3 Å². The van der Waals surface area contributed by atoms with Gasteiger partial charge in [0.25, 0.3) is 0 Å². The zero-order valence-electron chi connectivity index (χ0n) is 17.3. The molecule has 0 bridgehead atoms. The van der Waals surface area contributed by atoms with E-state index in [-0.39, 0.29) is 41.7 Å². The second kappa shape index (κ2) is 9.19. The van der Waals surface area contributed by atoms with E-state index in [1.165, 1.54) is 35.1 Å². The van der Waals surface area contributed by atoms with E-state index < -0.39 is 11.6 Å². The third-order valence-corrected chi connectivity index (χ3v) is 6.77. The molecule has 1 aliphatic rings. The largest absolute Gasteiger partial charge is 1.00 e. The third-order valence-electron chi connectivity index (χ3n) is 5.60. The number of fused-ring (bicyclic) bond motifs is 3. The molecule has 8 heteroatoms. The van der Waals surface area contributed by atoms with Crippen LogP contribution in [0.25, 0.3) is 16.1 Å². The second-order valence-corrected chi connectivity index (χ2v) is 8.78. The van der Waals surface area contributed by atoms with E-state index in [1.54, 1.807) is 0 Å². The number of hydrogen-bond acceptors (Lipinski definition) is 3. The van der Waals surface area contributed by atoms with Gasteiger partial charge >= 0.3 is 0 Å². The minimum atomic E-state index is -0.707. The van der Waals surface area contributed by atoms with E-state index in [2.05, 4.69) is 23.2 Å². The zero-order valence-corrected chi connectivity index (χ0v) is 20.3. The van der Waals surface area contributed by atoms with Gasteiger partial charge in [0.05, 0.1) is 17.6 Å². The van der Waals surface area contributed by atoms with Gasteiger partial charge in [0.2, 0.25) is 6.33 Å². The number of imidazole rings is 1. The Morgan fingerprint density at radius 1 is 1.19 bits per heavy atom. The van der Waals surface area contributed by atoms with Crippen molar-refractivity contribution >= 4 is 17.1 Å². The molecule has 0 fully saturated rings. The fraction of sp³-hybridized carbons (Fsp3) is 0.208. The fourth-order valence-electron chi connectivity index (χ4n) is 3.99. The van der Waals surface area contributed by atoms with E-state index in [0.717, 1.165) is 41.1 Å². The molecule has 0 saturated heterocycles. The van der Waals surface area contributed by atoms with Crippen LogP contribution in [-0.2, 0) is 26.3 Å². The molecule has 0 atom stereocenters. The van der Waals surface area contributed by atoms with Crippen molar-refractivity contribution in [1.82, 2.24) is 9.55 Å². The van der Waals surface area contributed by atoms with E-state index in [4.69, 9.17) is 0 Å². The number of aryl methyl sites for hydroxylation is 3. The molecule has 0 radical (unpaired) electrons. The maximum Gasteiger partial charge on any atom is 0.248 e. The first-order valence-electron chi connectivity index (χ1n) is 10.1. The van der Waals surface area contributed by atoms with Crippen molar-refractivity contribution in [3.8, 4) is 16.1 Å². The predicted octanol–water partition coefficient (Wildman–Crippen LogP) is 1.62. The number of hydrogen-bond donors (Lipinski definition) is 0. The van der Waals surface area contributed by atoms with Gasteiger partial charge in [0, 0.05) is 17.5 Å². The van der Waals surface area contributed by atoms with Gasteiger partial charge in [-0.05, 0) is 49.1 Å². The van der Waals surface area contributed by atoms with Crippen LogP contribution in [-0.4, -0.2) is 15.3 Å². The van der Waals surface area contributed by atoms with E-state index >= 15 is 0 Å². The number of rotatable bonds is 4. The average molecular weight is 563 g/mol. The maximum absolute atomic E-state index is 14.0. The molecular formula is C24H20F2IN3OS. The Morgan fingerprint density at radius 3 is 2.69 bits per heavy atom. The van der Waals surface area contributed by atoms with Crippen LogP contribution in [0.5, 0.6) is 0 Å². The number of Topliss-reactive ketones (excluding diaryl/α,β-unsaturated/α-hetero) is 1. The third kappa shape index (κ3) is 4.25. The van der Waals surface area contributed by atoms with Crippen molar-refractivity contribution in [3.63, 3.8) is 0 Å². The topological polar surface area (TPSA) is 38.8 Å². The monoisotopic (exact) mass is 563 g/mol. The smallest absolute Gasteiger partial charge is 0.248 e. The molecule has 0 unspecified atom stereocenters. The summed E-state index contributed by atoms with van der Waals surface area (Å²) in [5.41, 5.74) is 4.01. The highest BCUT2D eigenvalue weighted by molar-refractivity contribution is 7.17. The lowest BCUT2D eigenvalue weighted by molar-refractivity contribution is -0.670. The van der Waals surface area contributed by atoms with E-state index in [1.807, 2.05) is 34.9 Å².